The normalized spacial score (nSPS) is 18.2. The van der Waals surface area contributed by atoms with E-state index in [2.05, 4.69) is 21.4 Å². The lowest BCUT2D eigenvalue weighted by atomic mass is 9.84. The van der Waals surface area contributed by atoms with Crippen LogP contribution in [-0.2, 0) is 17.6 Å². The molecule has 2 fully saturated rings. The molecular formula is C31H31N5O2. The van der Waals surface area contributed by atoms with Crippen LogP contribution in [0.4, 0.5) is 0 Å². The van der Waals surface area contributed by atoms with Crippen molar-refractivity contribution in [3.8, 4) is 6.07 Å². The Bertz CT molecular complexity index is 1300. The summed E-state index contributed by atoms with van der Waals surface area (Å²) in [7, 11) is 0. The number of carbonyl (C=O) groups excluding carboxylic acids is 2. The van der Waals surface area contributed by atoms with Gasteiger partial charge in [-0.15, -0.1) is 0 Å². The maximum atomic E-state index is 14.4. The maximum absolute atomic E-state index is 14.4. The summed E-state index contributed by atoms with van der Waals surface area (Å²) >= 11 is 0. The lowest BCUT2D eigenvalue weighted by Crippen LogP contribution is -2.51. The Morgan fingerprint density at radius 1 is 0.947 bits per heavy atom. The molecule has 3 aromatic rings. The Labute approximate surface area is 223 Å². The Hall–Kier alpha value is -4.31. The fourth-order valence-corrected chi connectivity index (χ4v) is 5.57. The van der Waals surface area contributed by atoms with Crippen LogP contribution in [0.25, 0.3) is 0 Å². The van der Waals surface area contributed by atoms with Crippen molar-refractivity contribution in [3.63, 3.8) is 0 Å². The van der Waals surface area contributed by atoms with Crippen LogP contribution < -0.4 is 5.32 Å². The fourth-order valence-electron chi connectivity index (χ4n) is 5.57. The van der Waals surface area contributed by atoms with E-state index in [0.717, 1.165) is 24.0 Å². The van der Waals surface area contributed by atoms with Crippen LogP contribution in [0.15, 0.2) is 85.2 Å². The Morgan fingerprint density at radius 3 is 2.08 bits per heavy atom. The van der Waals surface area contributed by atoms with Crippen molar-refractivity contribution in [1.29, 1.82) is 5.26 Å². The van der Waals surface area contributed by atoms with E-state index in [1.165, 1.54) is 19.3 Å². The summed E-state index contributed by atoms with van der Waals surface area (Å²) in [6.07, 6.45) is 15.1. The summed E-state index contributed by atoms with van der Waals surface area (Å²) in [5.41, 5.74) is 2.01. The van der Waals surface area contributed by atoms with Crippen molar-refractivity contribution < 1.29 is 9.59 Å². The lowest BCUT2D eigenvalue weighted by Gasteiger charge is -2.29. The number of rotatable bonds is 8. The Morgan fingerprint density at radius 2 is 1.53 bits per heavy atom. The summed E-state index contributed by atoms with van der Waals surface area (Å²) in [5, 5.41) is 12.6. The zero-order chi connectivity index (χ0) is 26.4. The number of amides is 1. The number of aromatic nitrogens is 2. The fraction of sp³-hybridized carbons (Fsp3) is 0.323. The van der Waals surface area contributed by atoms with Gasteiger partial charge in [0, 0.05) is 55.8 Å². The van der Waals surface area contributed by atoms with Crippen molar-refractivity contribution in [2.24, 2.45) is 5.92 Å². The van der Waals surface area contributed by atoms with Gasteiger partial charge in [-0.2, -0.15) is 5.26 Å². The highest BCUT2D eigenvalue weighted by Crippen LogP contribution is 2.34. The molecule has 192 valence electrons. The van der Waals surface area contributed by atoms with Crippen LogP contribution in [0.2, 0.25) is 0 Å². The summed E-state index contributed by atoms with van der Waals surface area (Å²) in [6, 6.07) is 16.4. The highest BCUT2D eigenvalue weighted by Gasteiger charge is 2.49. The molecule has 5 rings (SSSR count). The third-order valence-electron chi connectivity index (χ3n) is 7.56. The molecule has 1 amide bonds. The van der Waals surface area contributed by atoms with Gasteiger partial charge in [-0.1, -0.05) is 19.3 Å². The first-order valence-electron chi connectivity index (χ1n) is 13.2. The van der Waals surface area contributed by atoms with E-state index < -0.39 is 5.54 Å². The van der Waals surface area contributed by atoms with E-state index in [4.69, 9.17) is 5.26 Å². The first-order chi connectivity index (χ1) is 18.6. The number of ketones is 1. The average Bonchev–Trinajstić information content (AvgIpc) is 3.19. The van der Waals surface area contributed by atoms with Gasteiger partial charge in [0.2, 0.25) is 0 Å². The average molecular weight is 506 g/mol. The van der Waals surface area contributed by atoms with Crippen molar-refractivity contribution >= 4 is 11.7 Å². The van der Waals surface area contributed by atoms with Gasteiger partial charge < -0.3 is 5.32 Å². The third kappa shape index (κ3) is 5.65. The number of nitriles is 1. The zero-order valence-electron chi connectivity index (χ0n) is 21.3. The molecule has 3 heterocycles. The van der Waals surface area contributed by atoms with Gasteiger partial charge in [0.15, 0.2) is 5.78 Å². The molecule has 7 nitrogen and oxygen atoms in total. The highest BCUT2D eigenvalue weighted by molar-refractivity contribution is 6.06. The second-order valence-corrected chi connectivity index (χ2v) is 10.3. The minimum absolute atomic E-state index is 0.0180. The van der Waals surface area contributed by atoms with Crippen molar-refractivity contribution in [3.05, 3.63) is 107 Å². The van der Waals surface area contributed by atoms with Crippen LogP contribution in [0, 0.1) is 17.2 Å². The molecule has 38 heavy (non-hydrogen) atoms. The number of hydrogen-bond acceptors (Lipinski definition) is 6. The minimum atomic E-state index is -0.950. The van der Waals surface area contributed by atoms with Crippen molar-refractivity contribution in [2.45, 2.75) is 50.5 Å². The van der Waals surface area contributed by atoms with Crippen LogP contribution in [0.5, 0.6) is 0 Å². The molecule has 1 N–H and O–H groups in total. The predicted octanol–water partition coefficient (Wildman–Crippen LogP) is 4.61. The van der Waals surface area contributed by atoms with Crippen LogP contribution in [-0.4, -0.2) is 38.6 Å². The summed E-state index contributed by atoms with van der Waals surface area (Å²) in [5.74, 6) is 0.719. The molecule has 2 aliphatic rings. The number of nitrogens with zero attached hydrogens (tertiary/aromatic N) is 4. The molecule has 1 aliphatic carbocycles. The van der Waals surface area contributed by atoms with Gasteiger partial charge in [-0.25, -0.2) is 0 Å². The Kier molecular flexibility index (Phi) is 7.60. The van der Waals surface area contributed by atoms with Gasteiger partial charge in [0.25, 0.3) is 5.91 Å². The first-order valence-corrected chi connectivity index (χ1v) is 13.2. The van der Waals surface area contributed by atoms with Crippen molar-refractivity contribution in [1.82, 2.24) is 20.2 Å². The molecule has 0 bridgehead atoms. The number of pyridine rings is 2. The molecule has 7 heteroatoms. The number of carbonyl (C=O) groups is 2. The molecule has 0 atom stereocenters. The summed E-state index contributed by atoms with van der Waals surface area (Å²) < 4.78 is 0. The lowest BCUT2D eigenvalue weighted by molar-refractivity contribution is -0.132. The maximum Gasteiger partial charge on any atom is 0.254 e. The van der Waals surface area contributed by atoms with Crippen LogP contribution in [0.1, 0.15) is 59.2 Å². The minimum Gasteiger partial charge on any atom is -0.357 e. The second-order valence-electron chi connectivity index (χ2n) is 10.3. The highest BCUT2D eigenvalue weighted by atomic mass is 16.2. The Balaban J connectivity index is 1.53. The monoisotopic (exact) mass is 505 g/mol. The molecule has 1 aromatic carbocycles. The van der Waals surface area contributed by atoms with Gasteiger partial charge in [-0.3, -0.25) is 24.5 Å². The second kappa shape index (κ2) is 11.4. The van der Waals surface area contributed by atoms with Gasteiger partial charge in [0.05, 0.1) is 11.6 Å². The molecule has 1 saturated heterocycles. The molecular weight excluding hydrogens is 474 g/mol. The molecule has 0 unspecified atom stereocenters. The smallest absolute Gasteiger partial charge is 0.254 e. The molecule has 0 spiro atoms. The molecule has 1 saturated carbocycles. The SMILES string of the molecule is N#Cc1ccc(C(=O)C=C2NC(Cc3ccncc3)(Cc3ccncc3)C(=O)N2CC2CCCCC2)cc1. The molecule has 1 aliphatic heterocycles. The number of hydrogen-bond donors (Lipinski definition) is 1. The third-order valence-corrected chi connectivity index (χ3v) is 7.56. The zero-order valence-corrected chi connectivity index (χ0v) is 21.3. The van der Waals surface area contributed by atoms with E-state index >= 15 is 0 Å². The summed E-state index contributed by atoms with van der Waals surface area (Å²) in [4.78, 5) is 37.8. The van der Waals surface area contributed by atoms with E-state index in [0.29, 0.717) is 42.3 Å². The number of allylic oxidation sites excluding steroid dienone is 1. The van der Waals surface area contributed by atoms with E-state index in [1.54, 1.807) is 60.0 Å². The largest absolute Gasteiger partial charge is 0.357 e. The van der Waals surface area contributed by atoms with Gasteiger partial charge >= 0.3 is 0 Å². The molecule has 0 radical (unpaired) electrons. The molecule has 2 aromatic heterocycles. The quantitative estimate of drug-likeness (QED) is 0.355. The standard InChI is InChI=1S/C31H31N5O2/c32-21-25-6-8-27(9-7-25)28(37)18-29-35-31(19-23-10-14-33-15-11-23,20-24-12-16-34-17-13-24)30(38)36(29)22-26-4-2-1-3-5-26/h6-18,26,35H,1-5,19-20,22H2. The number of nitrogens with one attached hydrogen (secondary N) is 1. The van der Waals surface area contributed by atoms with E-state index in [9.17, 15) is 9.59 Å². The topological polar surface area (TPSA) is 99.0 Å². The van der Waals surface area contributed by atoms with Crippen LogP contribution in [0.3, 0.4) is 0 Å². The predicted molar refractivity (Wildman–Crippen MR) is 144 cm³/mol. The van der Waals surface area contributed by atoms with Gasteiger partial charge in [0.1, 0.15) is 11.4 Å². The van der Waals surface area contributed by atoms with Gasteiger partial charge in [-0.05, 0) is 78.4 Å². The first kappa shape index (κ1) is 25.3. The van der Waals surface area contributed by atoms with Crippen molar-refractivity contribution in [2.75, 3.05) is 6.54 Å². The number of benzene rings is 1. The van der Waals surface area contributed by atoms with E-state index in [1.807, 2.05) is 24.3 Å². The van der Waals surface area contributed by atoms with E-state index in [-0.39, 0.29) is 11.7 Å². The van der Waals surface area contributed by atoms with Crippen LogP contribution >= 0.6 is 0 Å². The summed E-state index contributed by atoms with van der Waals surface area (Å²) in [6.45, 7) is 0.590.